The van der Waals surface area contributed by atoms with Crippen molar-refractivity contribution in [1.82, 2.24) is 4.90 Å². The van der Waals surface area contributed by atoms with Gasteiger partial charge in [0.1, 0.15) is 0 Å². The van der Waals surface area contributed by atoms with E-state index in [4.69, 9.17) is 0 Å². The number of ketones is 1. The smallest absolute Gasteiger partial charge is 0.166 e. The maximum absolute atomic E-state index is 12.3. The molecule has 1 saturated heterocycles. The van der Waals surface area contributed by atoms with E-state index in [9.17, 15) is 9.90 Å². The van der Waals surface area contributed by atoms with Crippen LogP contribution in [-0.2, 0) is 0 Å². The number of Topliss-reactive ketones (excluding diaryl/α,β-unsaturated/α-hetero) is 1. The largest absolute Gasteiger partial charge is 0.395 e. The molecular weight excluding hydrogens is 238 g/mol. The highest BCUT2D eigenvalue weighted by atomic mass is 16.3. The van der Waals surface area contributed by atoms with Gasteiger partial charge in [0.25, 0.3) is 0 Å². The Balaban J connectivity index is 1.98. The molecule has 3 nitrogen and oxygen atoms in total. The Hall–Kier alpha value is -1.19. The Morgan fingerprint density at radius 2 is 2.11 bits per heavy atom. The summed E-state index contributed by atoms with van der Waals surface area (Å²) in [6, 6.07) is 9.67. The molecule has 104 valence electrons. The molecule has 0 saturated carbocycles. The molecule has 3 unspecified atom stereocenters. The van der Waals surface area contributed by atoms with Gasteiger partial charge in [0.15, 0.2) is 5.78 Å². The summed E-state index contributed by atoms with van der Waals surface area (Å²) in [5.41, 5.74) is 0.780. The topological polar surface area (TPSA) is 40.5 Å². The van der Waals surface area contributed by atoms with Crippen molar-refractivity contribution in [1.29, 1.82) is 0 Å². The number of carbonyl (C=O) groups is 1. The molecule has 1 N–H and O–H groups in total. The van der Waals surface area contributed by atoms with Crippen LogP contribution >= 0.6 is 0 Å². The summed E-state index contributed by atoms with van der Waals surface area (Å²) in [5, 5.41) is 9.45. The first-order valence-corrected chi connectivity index (χ1v) is 7.07. The van der Waals surface area contributed by atoms with Crippen LogP contribution in [0.4, 0.5) is 0 Å². The van der Waals surface area contributed by atoms with E-state index in [1.165, 1.54) is 0 Å². The highest BCUT2D eigenvalue weighted by molar-refractivity contribution is 5.97. The standard InChI is InChI=1S/C16H23NO2/c1-12-8-9-17(15(12)11-18)10-13(2)16(19)14-6-4-3-5-7-14/h3-7,12-13,15,18H,8-11H2,1-2H3. The minimum Gasteiger partial charge on any atom is -0.395 e. The van der Waals surface area contributed by atoms with Crippen molar-refractivity contribution in [3.63, 3.8) is 0 Å². The quantitative estimate of drug-likeness (QED) is 0.826. The lowest BCUT2D eigenvalue weighted by molar-refractivity contribution is 0.0843. The van der Waals surface area contributed by atoms with Crippen LogP contribution in [0.3, 0.4) is 0 Å². The lowest BCUT2D eigenvalue weighted by Crippen LogP contribution is -2.39. The minimum atomic E-state index is -0.0262. The van der Waals surface area contributed by atoms with Gasteiger partial charge in [-0.1, -0.05) is 44.2 Å². The SMILES string of the molecule is CC(CN1CCC(C)C1CO)C(=O)c1ccccc1. The molecule has 2 rings (SSSR count). The van der Waals surface area contributed by atoms with E-state index in [1.807, 2.05) is 37.3 Å². The minimum absolute atomic E-state index is 0.0262. The Morgan fingerprint density at radius 3 is 2.74 bits per heavy atom. The first-order chi connectivity index (χ1) is 9.13. The fourth-order valence-corrected chi connectivity index (χ4v) is 2.93. The summed E-state index contributed by atoms with van der Waals surface area (Å²) in [4.78, 5) is 14.6. The van der Waals surface area contributed by atoms with Crippen molar-refractivity contribution in [2.24, 2.45) is 11.8 Å². The number of aliphatic hydroxyl groups excluding tert-OH is 1. The van der Waals surface area contributed by atoms with Gasteiger partial charge in [0, 0.05) is 24.1 Å². The van der Waals surface area contributed by atoms with Crippen LogP contribution < -0.4 is 0 Å². The van der Waals surface area contributed by atoms with Crippen LogP contribution in [0.5, 0.6) is 0 Å². The van der Waals surface area contributed by atoms with Crippen LogP contribution in [0.2, 0.25) is 0 Å². The number of nitrogens with zero attached hydrogens (tertiary/aromatic N) is 1. The Morgan fingerprint density at radius 1 is 1.42 bits per heavy atom. The van der Waals surface area contributed by atoms with Crippen LogP contribution in [0, 0.1) is 11.8 Å². The van der Waals surface area contributed by atoms with Crippen molar-refractivity contribution < 1.29 is 9.90 Å². The summed E-state index contributed by atoms with van der Waals surface area (Å²) in [6.07, 6.45) is 1.11. The number of hydrogen-bond donors (Lipinski definition) is 1. The first kappa shape index (κ1) is 14.2. The molecule has 19 heavy (non-hydrogen) atoms. The Kier molecular flexibility index (Phi) is 4.72. The van der Waals surface area contributed by atoms with E-state index in [0.29, 0.717) is 5.92 Å². The number of rotatable bonds is 5. The normalized spacial score (nSPS) is 25.4. The summed E-state index contributed by atoms with van der Waals surface area (Å²) in [7, 11) is 0. The van der Waals surface area contributed by atoms with Gasteiger partial charge in [-0.05, 0) is 18.9 Å². The van der Waals surface area contributed by atoms with E-state index in [2.05, 4.69) is 11.8 Å². The third kappa shape index (κ3) is 3.23. The molecule has 3 heteroatoms. The molecular formula is C16H23NO2. The maximum Gasteiger partial charge on any atom is 0.166 e. The van der Waals surface area contributed by atoms with Gasteiger partial charge >= 0.3 is 0 Å². The molecule has 3 atom stereocenters. The molecule has 1 aromatic carbocycles. The van der Waals surface area contributed by atoms with Crippen molar-refractivity contribution in [3.8, 4) is 0 Å². The van der Waals surface area contributed by atoms with Gasteiger partial charge in [0.05, 0.1) is 6.61 Å². The molecule has 0 aliphatic carbocycles. The van der Waals surface area contributed by atoms with Gasteiger partial charge in [-0.3, -0.25) is 9.69 Å². The summed E-state index contributed by atoms with van der Waals surface area (Å²) < 4.78 is 0. The van der Waals surface area contributed by atoms with E-state index < -0.39 is 0 Å². The van der Waals surface area contributed by atoms with E-state index in [-0.39, 0.29) is 24.3 Å². The lowest BCUT2D eigenvalue weighted by Gasteiger charge is -2.27. The van der Waals surface area contributed by atoms with E-state index >= 15 is 0 Å². The molecule has 0 spiro atoms. The van der Waals surface area contributed by atoms with E-state index in [1.54, 1.807) is 0 Å². The zero-order chi connectivity index (χ0) is 13.8. The van der Waals surface area contributed by atoms with Gasteiger partial charge in [-0.25, -0.2) is 0 Å². The van der Waals surface area contributed by atoms with Crippen LogP contribution in [0.15, 0.2) is 30.3 Å². The fourth-order valence-electron chi connectivity index (χ4n) is 2.93. The van der Waals surface area contributed by atoms with Gasteiger partial charge in [-0.2, -0.15) is 0 Å². The zero-order valence-electron chi connectivity index (χ0n) is 11.7. The summed E-state index contributed by atoms with van der Waals surface area (Å²) >= 11 is 0. The van der Waals surface area contributed by atoms with Gasteiger partial charge in [-0.15, -0.1) is 0 Å². The third-order valence-corrected chi connectivity index (χ3v) is 4.20. The summed E-state index contributed by atoms with van der Waals surface area (Å²) in [5.74, 6) is 0.683. The molecule has 1 aromatic rings. The average Bonchev–Trinajstić information content (AvgIpc) is 2.79. The second-order valence-corrected chi connectivity index (χ2v) is 5.64. The van der Waals surface area contributed by atoms with Crippen molar-refractivity contribution in [2.75, 3.05) is 19.7 Å². The lowest BCUT2D eigenvalue weighted by atomic mass is 9.98. The predicted molar refractivity (Wildman–Crippen MR) is 76.2 cm³/mol. The highest BCUT2D eigenvalue weighted by Crippen LogP contribution is 2.25. The van der Waals surface area contributed by atoms with E-state index in [0.717, 1.165) is 25.1 Å². The number of hydrogen-bond acceptors (Lipinski definition) is 3. The fraction of sp³-hybridized carbons (Fsp3) is 0.562. The number of benzene rings is 1. The third-order valence-electron chi connectivity index (χ3n) is 4.20. The van der Waals surface area contributed by atoms with Gasteiger partial charge in [0.2, 0.25) is 0 Å². The maximum atomic E-state index is 12.3. The molecule has 1 heterocycles. The van der Waals surface area contributed by atoms with Crippen LogP contribution in [0.25, 0.3) is 0 Å². The molecule has 0 bridgehead atoms. The number of aliphatic hydroxyl groups is 1. The summed E-state index contributed by atoms with van der Waals surface area (Å²) in [6.45, 7) is 6.06. The second-order valence-electron chi connectivity index (χ2n) is 5.64. The van der Waals surface area contributed by atoms with Crippen molar-refractivity contribution >= 4 is 5.78 Å². The van der Waals surface area contributed by atoms with Crippen LogP contribution in [0.1, 0.15) is 30.6 Å². The molecule has 1 aliphatic heterocycles. The molecule has 1 fully saturated rings. The van der Waals surface area contributed by atoms with Crippen LogP contribution in [-0.4, -0.2) is 41.5 Å². The number of carbonyl (C=O) groups excluding carboxylic acids is 1. The molecule has 0 amide bonds. The molecule has 0 radical (unpaired) electrons. The number of likely N-dealkylation sites (tertiary alicyclic amines) is 1. The Bertz CT molecular complexity index is 418. The molecule has 0 aromatic heterocycles. The van der Waals surface area contributed by atoms with Crippen molar-refractivity contribution in [3.05, 3.63) is 35.9 Å². The second kappa shape index (κ2) is 6.31. The molecule has 1 aliphatic rings. The first-order valence-electron chi connectivity index (χ1n) is 7.07. The zero-order valence-corrected chi connectivity index (χ0v) is 11.7. The monoisotopic (exact) mass is 261 g/mol. The average molecular weight is 261 g/mol. The Labute approximate surface area is 115 Å². The predicted octanol–water partition coefficient (Wildman–Crippen LogP) is 2.21. The highest BCUT2D eigenvalue weighted by Gasteiger charge is 2.32. The van der Waals surface area contributed by atoms with Gasteiger partial charge < -0.3 is 5.11 Å². The van der Waals surface area contributed by atoms with Crippen molar-refractivity contribution in [2.45, 2.75) is 26.3 Å².